The average molecular weight is 198 g/mol. The first-order chi connectivity index (χ1) is 6.38. The van der Waals surface area contributed by atoms with Gasteiger partial charge in [-0.2, -0.15) is 0 Å². The largest absolute Gasteiger partial charge is 0.335 e. The van der Waals surface area contributed by atoms with Gasteiger partial charge in [0.25, 0.3) is 5.91 Å². The molecule has 0 spiro atoms. The van der Waals surface area contributed by atoms with Gasteiger partial charge < -0.3 is 10.2 Å². The third kappa shape index (κ3) is 1.84. The number of aromatic nitrogens is 2. The number of rotatable bonds is 1. The van der Waals surface area contributed by atoms with E-state index in [1.165, 1.54) is 6.20 Å². The molecule has 2 heterocycles. The van der Waals surface area contributed by atoms with Gasteiger partial charge >= 0.3 is 0 Å². The highest BCUT2D eigenvalue weighted by Gasteiger charge is 2.19. The van der Waals surface area contributed by atoms with Crippen molar-refractivity contribution in [2.24, 2.45) is 0 Å². The Labute approximate surface area is 79.9 Å². The van der Waals surface area contributed by atoms with Gasteiger partial charge in [0.05, 0.1) is 6.20 Å². The van der Waals surface area contributed by atoms with Crippen LogP contribution in [-0.4, -0.2) is 46.6 Å². The van der Waals surface area contributed by atoms with Crippen LogP contribution in [0.25, 0.3) is 0 Å². The fourth-order valence-electron chi connectivity index (χ4n) is 1.29. The van der Waals surface area contributed by atoms with E-state index in [2.05, 4.69) is 14.9 Å². The minimum Gasteiger partial charge on any atom is -0.335 e. The van der Waals surface area contributed by atoms with Crippen LogP contribution in [0, 0.1) is 0 Å². The molecule has 0 saturated carbocycles. The number of nitrogens with one attached hydrogen (secondary N) is 1. The fraction of sp³-hybridized carbons (Fsp3) is 0.571. The van der Waals surface area contributed by atoms with Gasteiger partial charge in [-0.15, -0.1) is 5.10 Å². The van der Waals surface area contributed by atoms with Gasteiger partial charge in [-0.25, -0.2) is 0 Å². The SMILES string of the molecule is O=C(c1cnns1)N1CCNCC1. The van der Waals surface area contributed by atoms with E-state index < -0.39 is 0 Å². The summed E-state index contributed by atoms with van der Waals surface area (Å²) in [5, 5.41) is 6.84. The van der Waals surface area contributed by atoms with Crippen molar-refractivity contribution >= 4 is 17.4 Å². The molecule has 1 aromatic rings. The van der Waals surface area contributed by atoms with Crippen molar-refractivity contribution in [1.29, 1.82) is 0 Å². The molecule has 2 rings (SSSR count). The molecular weight excluding hydrogens is 188 g/mol. The first kappa shape index (κ1) is 8.58. The Balaban J connectivity index is 2.04. The van der Waals surface area contributed by atoms with Crippen molar-refractivity contribution in [2.45, 2.75) is 0 Å². The van der Waals surface area contributed by atoms with Crippen LogP contribution in [-0.2, 0) is 0 Å². The summed E-state index contributed by atoms with van der Waals surface area (Å²) in [7, 11) is 0. The maximum atomic E-state index is 11.7. The van der Waals surface area contributed by atoms with E-state index in [0.29, 0.717) is 4.88 Å². The molecule has 1 aromatic heterocycles. The second kappa shape index (κ2) is 3.80. The van der Waals surface area contributed by atoms with E-state index >= 15 is 0 Å². The predicted octanol–water partition coefficient (Wildman–Crippen LogP) is -0.417. The maximum Gasteiger partial charge on any atom is 0.267 e. The summed E-state index contributed by atoms with van der Waals surface area (Å²) in [6, 6.07) is 0. The van der Waals surface area contributed by atoms with Crippen LogP contribution in [0.4, 0.5) is 0 Å². The van der Waals surface area contributed by atoms with Crippen LogP contribution in [0.5, 0.6) is 0 Å². The molecule has 6 heteroatoms. The lowest BCUT2D eigenvalue weighted by atomic mass is 10.3. The molecule has 1 aliphatic heterocycles. The van der Waals surface area contributed by atoms with Gasteiger partial charge in [0.15, 0.2) is 0 Å². The summed E-state index contributed by atoms with van der Waals surface area (Å²) < 4.78 is 3.67. The van der Waals surface area contributed by atoms with Crippen molar-refractivity contribution in [3.05, 3.63) is 11.1 Å². The normalized spacial score (nSPS) is 17.4. The molecule has 13 heavy (non-hydrogen) atoms. The Morgan fingerprint density at radius 3 is 2.92 bits per heavy atom. The topological polar surface area (TPSA) is 58.1 Å². The maximum absolute atomic E-state index is 11.7. The highest BCUT2D eigenvalue weighted by Crippen LogP contribution is 2.07. The zero-order valence-electron chi connectivity index (χ0n) is 7.06. The molecule has 1 fully saturated rings. The lowest BCUT2D eigenvalue weighted by Gasteiger charge is -2.26. The summed E-state index contributed by atoms with van der Waals surface area (Å²) in [6.45, 7) is 3.30. The predicted molar refractivity (Wildman–Crippen MR) is 48.7 cm³/mol. The lowest BCUT2D eigenvalue weighted by molar-refractivity contribution is 0.0740. The van der Waals surface area contributed by atoms with Gasteiger partial charge in [0, 0.05) is 26.2 Å². The second-order valence-corrected chi connectivity index (χ2v) is 3.61. The molecule has 0 unspecified atom stereocenters. The molecular formula is C7H10N4OS. The van der Waals surface area contributed by atoms with Crippen molar-refractivity contribution < 1.29 is 4.79 Å². The highest BCUT2D eigenvalue weighted by atomic mass is 32.1. The molecule has 0 aliphatic carbocycles. The van der Waals surface area contributed by atoms with Crippen molar-refractivity contribution in [2.75, 3.05) is 26.2 Å². The van der Waals surface area contributed by atoms with E-state index in [1.54, 1.807) is 0 Å². The second-order valence-electron chi connectivity index (χ2n) is 2.82. The molecule has 5 nitrogen and oxygen atoms in total. The number of hydrogen-bond donors (Lipinski definition) is 1. The van der Waals surface area contributed by atoms with Crippen molar-refractivity contribution in [3.8, 4) is 0 Å². The fourth-order valence-corrected chi connectivity index (χ4v) is 1.77. The van der Waals surface area contributed by atoms with Crippen LogP contribution >= 0.6 is 11.5 Å². The molecule has 1 amide bonds. The molecule has 1 saturated heterocycles. The standard InChI is InChI=1S/C7H10N4OS/c12-7(6-5-9-10-13-6)11-3-1-8-2-4-11/h5,8H,1-4H2. The molecule has 0 aromatic carbocycles. The molecule has 0 bridgehead atoms. The van der Waals surface area contributed by atoms with Gasteiger partial charge in [0.1, 0.15) is 4.88 Å². The van der Waals surface area contributed by atoms with Crippen LogP contribution in [0.1, 0.15) is 9.67 Å². The number of piperazine rings is 1. The summed E-state index contributed by atoms with van der Waals surface area (Å²) in [6.07, 6.45) is 1.52. The first-order valence-corrected chi connectivity index (χ1v) is 4.92. The van der Waals surface area contributed by atoms with Crippen molar-refractivity contribution in [1.82, 2.24) is 19.8 Å². The average Bonchev–Trinajstić information content (AvgIpc) is 2.71. The first-order valence-electron chi connectivity index (χ1n) is 4.15. The number of carbonyl (C=O) groups excluding carboxylic acids is 1. The third-order valence-electron chi connectivity index (χ3n) is 1.98. The monoisotopic (exact) mass is 198 g/mol. The molecule has 0 radical (unpaired) electrons. The van der Waals surface area contributed by atoms with Crippen LogP contribution in [0.15, 0.2) is 6.20 Å². The van der Waals surface area contributed by atoms with Gasteiger partial charge in [-0.05, 0) is 11.5 Å². The molecule has 0 atom stereocenters. The third-order valence-corrected chi connectivity index (χ3v) is 2.63. The number of nitrogens with zero attached hydrogens (tertiary/aromatic N) is 3. The van der Waals surface area contributed by atoms with Crippen LogP contribution in [0.3, 0.4) is 0 Å². The number of hydrogen-bond acceptors (Lipinski definition) is 5. The zero-order valence-corrected chi connectivity index (χ0v) is 7.88. The summed E-state index contributed by atoms with van der Waals surface area (Å²) >= 11 is 1.15. The number of carbonyl (C=O) groups is 1. The zero-order chi connectivity index (χ0) is 9.10. The van der Waals surface area contributed by atoms with Gasteiger partial charge in [-0.3, -0.25) is 4.79 Å². The van der Waals surface area contributed by atoms with Crippen LogP contribution < -0.4 is 5.32 Å². The Morgan fingerprint density at radius 2 is 2.31 bits per heavy atom. The summed E-state index contributed by atoms with van der Waals surface area (Å²) in [4.78, 5) is 14.1. The van der Waals surface area contributed by atoms with E-state index in [-0.39, 0.29) is 5.91 Å². The highest BCUT2D eigenvalue weighted by molar-refractivity contribution is 7.07. The molecule has 1 N–H and O–H groups in total. The minimum absolute atomic E-state index is 0.0523. The smallest absolute Gasteiger partial charge is 0.267 e. The Bertz CT molecular complexity index is 281. The van der Waals surface area contributed by atoms with Gasteiger partial charge in [0.2, 0.25) is 0 Å². The van der Waals surface area contributed by atoms with E-state index in [4.69, 9.17) is 0 Å². The Kier molecular flexibility index (Phi) is 2.51. The van der Waals surface area contributed by atoms with E-state index in [1.807, 2.05) is 4.90 Å². The van der Waals surface area contributed by atoms with Gasteiger partial charge in [-0.1, -0.05) is 4.49 Å². The van der Waals surface area contributed by atoms with Crippen molar-refractivity contribution in [3.63, 3.8) is 0 Å². The van der Waals surface area contributed by atoms with Crippen LogP contribution in [0.2, 0.25) is 0 Å². The Morgan fingerprint density at radius 1 is 1.54 bits per heavy atom. The Hall–Kier alpha value is -1.01. The number of amides is 1. The molecule has 70 valence electrons. The summed E-state index contributed by atoms with van der Waals surface area (Å²) in [5.41, 5.74) is 0. The summed E-state index contributed by atoms with van der Waals surface area (Å²) in [5.74, 6) is 0.0523. The molecule has 1 aliphatic rings. The van der Waals surface area contributed by atoms with E-state index in [0.717, 1.165) is 37.7 Å². The minimum atomic E-state index is 0.0523. The van der Waals surface area contributed by atoms with E-state index in [9.17, 15) is 4.79 Å². The lowest BCUT2D eigenvalue weighted by Crippen LogP contribution is -2.46. The quantitative estimate of drug-likeness (QED) is 0.666.